The quantitative estimate of drug-likeness (QED) is 0.420. The molecule has 0 spiro atoms. The molecule has 0 aliphatic heterocycles. The van der Waals surface area contributed by atoms with Crippen LogP contribution in [-0.2, 0) is 6.61 Å². The van der Waals surface area contributed by atoms with E-state index in [-0.39, 0.29) is 0 Å². The molecule has 0 saturated carbocycles. The summed E-state index contributed by atoms with van der Waals surface area (Å²) in [5, 5.41) is 10.1. The summed E-state index contributed by atoms with van der Waals surface area (Å²) >= 11 is 5.89. The lowest BCUT2D eigenvalue weighted by Gasteiger charge is -2.07. The highest BCUT2D eigenvalue weighted by atomic mass is 35.5. The first-order valence-electron chi connectivity index (χ1n) is 7.89. The van der Waals surface area contributed by atoms with Crippen molar-refractivity contribution in [3.63, 3.8) is 0 Å². The van der Waals surface area contributed by atoms with Gasteiger partial charge in [0.05, 0.1) is 11.6 Å². The summed E-state index contributed by atoms with van der Waals surface area (Å²) in [6.45, 7) is 0.466. The predicted octanol–water partition coefficient (Wildman–Crippen LogP) is 5.98. The second kappa shape index (κ2) is 8.19. The number of ether oxygens (including phenoxy) is 1. The third kappa shape index (κ3) is 4.73. The molecule has 0 aromatic heterocycles. The van der Waals surface area contributed by atoms with E-state index in [9.17, 15) is 5.26 Å². The molecule has 0 unspecified atom stereocenters. The van der Waals surface area contributed by atoms with Crippen LogP contribution in [0.5, 0.6) is 5.75 Å². The summed E-state index contributed by atoms with van der Waals surface area (Å²) in [4.78, 5) is 0. The van der Waals surface area contributed by atoms with Crippen LogP contribution in [0.25, 0.3) is 11.6 Å². The van der Waals surface area contributed by atoms with Gasteiger partial charge in [-0.3, -0.25) is 0 Å². The Bertz CT molecular complexity index is 909. The van der Waals surface area contributed by atoms with Gasteiger partial charge >= 0.3 is 0 Å². The minimum absolute atomic E-state index is 0.466. The smallest absolute Gasteiger partial charge is 0.120 e. The largest absolute Gasteiger partial charge is 0.489 e. The van der Waals surface area contributed by atoms with E-state index in [0.717, 1.165) is 22.4 Å². The average molecular weight is 346 g/mol. The van der Waals surface area contributed by atoms with Crippen LogP contribution in [0, 0.1) is 11.3 Å². The summed E-state index contributed by atoms with van der Waals surface area (Å²) in [6.07, 6.45) is 1.87. The molecule has 0 saturated heterocycles. The molecule has 25 heavy (non-hydrogen) atoms. The van der Waals surface area contributed by atoms with Crippen molar-refractivity contribution in [1.82, 2.24) is 0 Å². The number of nitriles is 1. The molecule has 0 aliphatic rings. The van der Waals surface area contributed by atoms with Crippen molar-refractivity contribution < 1.29 is 4.74 Å². The number of benzene rings is 3. The maximum absolute atomic E-state index is 9.42. The van der Waals surface area contributed by atoms with E-state index in [0.29, 0.717) is 17.2 Å². The van der Waals surface area contributed by atoms with Crippen LogP contribution in [0.1, 0.15) is 16.7 Å². The van der Waals surface area contributed by atoms with E-state index in [4.69, 9.17) is 16.3 Å². The van der Waals surface area contributed by atoms with Gasteiger partial charge in [-0.25, -0.2) is 0 Å². The molecule has 0 amide bonds. The van der Waals surface area contributed by atoms with Crippen LogP contribution in [0.3, 0.4) is 0 Å². The zero-order chi connectivity index (χ0) is 17.5. The van der Waals surface area contributed by atoms with Crippen LogP contribution in [0.4, 0.5) is 0 Å². The lowest BCUT2D eigenvalue weighted by atomic mass is 10.0. The minimum Gasteiger partial charge on any atom is -0.489 e. The minimum atomic E-state index is 0.466. The Hall–Kier alpha value is -3.02. The van der Waals surface area contributed by atoms with Crippen LogP contribution in [-0.4, -0.2) is 0 Å². The molecule has 0 fully saturated rings. The van der Waals surface area contributed by atoms with Crippen molar-refractivity contribution in [3.8, 4) is 11.8 Å². The third-order valence-corrected chi connectivity index (χ3v) is 3.95. The van der Waals surface area contributed by atoms with E-state index in [1.165, 1.54) is 0 Å². The monoisotopic (exact) mass is 345 g/mol. The second-order valence-electron chi connectivity index (χ2n) is 5.52. The predicted molar refractivity (Wildman–Crippen MR) is 102 cm³/mol. The van der Waals surface area contributed by atoms with Gasteiger partial charge in [-0.1, -0.05) is 66.2 Å². The number of nitrogens with zero attached hydrogens (tertiary/aromatic N) is 1. The SMILES string of the molecule is N#C/C(=C/c1cccc(OCc2ccc(Cl)cc2)c1)c1ccccc1. The van der Waals surface area contributed by atoms with Gasteiger partial charge in [0.15, 0.2) is 0 Å². The normalized spacial score (nSPS) is 11.0. The van der Waals surface area contributed by atoms with Crippen molar-refractivity contribution in [2.24, 2.45) is 0 Å². The fourth-order valence-electron chi connectivity index (χ4n) is 2.41. The zero-order valence-electron chi connectivity index (χ0n) is 13.5. The third-order valence-electron chi connectivity index (χ3n) is 3.69. The Morgan fingerprint density at radius 1 is 0.960 bits per heavy atom. The number of allylic oxidation sites excluding steroid dienone is 1. The summed E-state index contributed by atoms with van der Waals surface area (Å²) in [5.74, 6) is 0.758. The molecule has 0 bridgehead atoms. The van der Waals surface area contributed by atoms with Crippen molar-refractivity contribution >= 4 is 23.3 Å². The maximum atomic E-state index is 9.42. The molecule has 3 heteroatoms. The molecule has 122 valence electrons. The standard InChI is InChI=1S/C22H16ClNO/c23-21-11-9-17(10-12-21)16-25-22-8-4-5-18(14-22)13-20(15-24)19-6-2-1-3-7-19/h1-14H,16H2/b20-13-. The Morgan fingerprint density at radius 3 is 2.44 bits per heavy atom. The van der Waals surface area contributed by atoms with E-state index in [1.807, 2.05) is 84.9 Å². The molecule has 3 rings (SSSR count). The molecular weight excluding hydrogens is 330 g/mol. The van der Waals surface area contributed by atoms with Crippen LogP contribution < -0.4 is 4.74 Å². The van der Waals surface area contributed by atoms with Crippen LogP contribution in [0.2, 0.25) is 5.02 Å². The molecular formula is C22H16ClNO. The second-order valence-corrected chi connectivity index (χ2v) is 5.96. The van der Waals surface area contributed by atoms with E-state index in [1.54, 1.807) is 0 Å². The van der Waals surface area contributed by atoms with E-state index >= 15 is 0 Å². The van der Waals surface area contributed by atoms with Gasteiger partial charge in [0.25, 0.3) is 0 Å². The molecule has 2 nitrogen and oxygen atoms in total. The highest BCUT2D eigenvalue weighted by molar-refractivity contribution is 6.30. The van der Waals surface area contributed by atoms with Crippen molar-refractivity contribution in [2.75, 3.05) is 0 Å². The molecule has 0 aliphatic carbocycles. The van der Waals surface area contributed by atoms with Gasteiger partial charge in [-0.2, -0.15) is 5.26 Å². The number of rotatable bonds is 5. The Labute approximate surface area is 152 Å². The zero-order valence-corrected chi connectivity index (χ0v) is 14.3. The fraction of sp³-hybridized carbons (Fsp3) is 0.0455. The lowest BCUT2D eigenvalue weighted by molar-refractivity contribution is 0.306. The van der Waals surface area contributed by atoms with Gasteiger partial charge < -0.3 is 4.74 Å². The Kier molecular flexibility index (Phi) is 5.51. The van der Waals surface area contributed by atoms with Gasteiger partial charge in [-0.05, 0) is 47.0 Å². The Balaban J connectivity index is 1.76. The summed E-state index contributed by atoms with van der Waals surface area (Å²) < 4.78 is 5.84. The van der Waals surface area contributed by atoms with Crippen molar-refractivity contribution in [1.29, 1.82) is 5.26 Å². The molecule has 0 heterocycles. The molecule has 0 atom stereocenters. The summed E-state index contributed by atoms with van der Waals surface area (Å²) in [7, 11) is 0. The summed E-state index contributed by atoms with van der Waals surface area (Å²) in [6, 6.07) is 27.2. The lowest BCUT2D eigenvalue weighted by Crippen LogP contribution is -1.95. The first-order chi connectivity index (χ1) is 12.2. The van der Waals surface area contributed by atoms with Gasteiger partial charge in [0, 0.05) is 5.02 Å². The fourth-order valence-corrected chi connectivity index (χ4v) is 2.53. The molecule has 3 aromatic carbocycles. The molecule has 3 aromatic rings. The van der Waals surface area contributed by atoms with Crippen molar-refractivity contribution in [3.05, 3.63) is 101 Å². The number of halogens is 1. The maximum Gasteiger partial charge on any atom is 0.120 e. The van der Waals surface area contributed by atoms with Gasteiger partial charge in [-0.15, -0.1) is 0 Å². The van der Waals surface area contributed by atoms with Gasteiger partial charge in [0.1, 0.15) is 12.4 Å². The summed E-state index contributed by atoms with van der Waals surface area (Å²) in [5.41, 5.74) is 3.49. The number of hydrogen-bond donors (Lipinski definition) is 0. The topological polar surface area (TPSA) is 33.0 Å². The van der Waals surface area contributed by atoms with E-state index < -0.39 is 0 Å². The van der Waals surface area contributed by atoms with Crippen LogP contribution >= 0.6 is 11.6 Å². The molecule has 0 radical (unpaired) electrons. The van der Waals surface area contributed by atoms with E-state index in [2.05, 4.69) is 6.07 Å². The highest BCUT2D eigenvalue weighted by Crippen LogP contribution is 2.21. The first kappa shape index (κ1) is 16.8. The molecule has 0 N–H and O–H groups in total. The van der Waals surface area contributed by atoms with Crippen molar-refractivity contribution in [2.45, 2.75) is 6.61 Å². The van der Waals surface area contributed by atoms with Gasteiger partial charge in [0.2, 0.25) is 0 Å². The highest BCUT2D eigenvalue weighted by Gasteiger charge is 2.02. The van der Waals surface area contributed by atoms with Crippen LogP contribution in [0.15, 0.2) is 78.9 Å². The Morgan fingerprint density at radius 2 is 1.72 bits per heavy atom. The number of hydrogen-bond acceptors (Lipinski definition) is 2. The first-order valence-corrected chi connectivity index (χ1v) is 8.27. The average Bonchev–Trinajstić information content (AvgIpc) is 2.67.